The van der Waals surface area contributed by atoms with Crippen LogP contribution in [0, 0.1) is 13.8 Å². The minimum absolute atomic E-state index is 0.130. The molecule has 2 aromatic rings. The van der Waals surface area contributed by atoms with Crippen LogP contribution in [0.4, 0.5) is 4.79 Å². The topological polar surface area (TPSA) is 122 Å². The fraction of sp³-hybridized carbons (Fsp3) is 0.273. The summed E-state index contributed by atoms with van der Waals surface area (Å²) in [4.78, 5) is 33.1. The molecule has 9 nitrogen and oxygen atoms in total. The molecule has 0 aliphatic heterocycles. The van der Waals surface area contributed by atoms with Gasteiger partial charge in [-0.3, -0.25) is 0 Å². The van der Waals surface area contributed by atoms with Crippen molar-refractivity contribution in [2.75, 3.05) is 19.0 Å². The van der Waals surface area contributed by atoms with Crippen LogP contribution in [0.2, 0.25) is 0 Å². The van der Waals surface area contributed by atoms with Crippen LogP contribution in [0.1, 0.15) is 27.8 Å². The fourth-order valence-electron chi connectivity index (χ4n) is 2.75. The first-order valence-corrected chi connectivity index (χ1v) is 10.7. The molecule has 170 valence electrons. The van der Waals surface area contributed by atoms with Gasteiger partial charge in [-0.2, -0.15) is 0 Å². The molecule has 0 atom stereocenters. The van der Waals surface area contributed by atoms with Gasteiger partial charge >= 0.3 is 12.1 Å². The van der Waals surface area contributed by atoms with E-state index < -0.39 is 12.1 Å². The molecule has 0 saturated carbocycles. The lowest BCUT2D eigenvalue weighted by molar-refractivity contribution is -0.129. The molecule has 0 spiro atoms. The van der Waals surface area contributed by atoms with Gasteiger partial charge < -0.3 is 24.9 Å². The number of halogens is 1. The van der Waals surface area contributed by atoms with Crippen LogP contribution in [0.25, 0.3) is 0 Å². The number of alkyl halides is 1. The maximum absolute atomic E-state index is 12.2. The van der Waals surface area contributed by atoms with Gasteiger partial charge in [0.2, 0.25) is 0 Å². The van der Waals surface area contributed by atoms with Crippen molar-refractivity contribution in [1.29, 1.82) is 0 Å². The van der Waals surface area contributed by atoms with Gasteiger partial charge in [-0.1, -0.05) is 50.5 Å². The molecule has 0 aliphatic carbocycles. The molecule has 0 saturated heterocycles. The van der Waals surface area contributed by atoms with Gasteiger partial charge in [0, 0.05) is 10.9 Å². The highest BCUT2D eigenvalue weighted by Crippen LogP contribution is 2.24. The number of ether oxygens (including phenoxy) is 2. The first kappa shape index (κ1) is 24.9. The average molecular weight is 506 g/mol. The van der Waals surface area contributed by atoms with E-state index in [2.05, 4.69) is 31.0 Å². The van der Waals surface area contributed by atoms with Crippen molar-refractivity contribution < 1.29 is 28.7 Å². The molecule has 2 N–H and O–H groups in total. The number of hydrogen-bond donors (Lipinski definition) is 1. The number of hydrogen-bond acceptors (Lipinski definition) is 8. The Morgan fingerprint density at radius 3 is 2.59 bits per heavy atom. The first-order chi connectivity index (χ1) is 15.4. The highest BCUT2D eigenvalue weighted by molar-refractivity contribution is 9.09. The van der Waals surface area contributed by atoms with Crippen molar-refractivity contribution in [3.05, 3.63) is 64.2 Å². The maximum Gasteiger partial charge on any atom is 0.412 e. The second-order valence-corrected chi connectivity index (χ2v) is 7.30. The molecule has 2 aromatic carbocycles. The first-order valence-electron chi connectivity index (χ1n) is 9.53. The molecule has 10 heteroatoms. The van der Waals surface area contributed by atoms with E-state index in [1.165, 1.54) is 7.11 Å². The number of benzene rings is 2. The van der Waals surface area contributed by atoms with Crippen LogP contribution >= 0.6 is 15.9 Å². The van der Waals surface area contributed by atoms with Crippen LogP contribution < -0.4 is 10.5 Å². The van der Waals surface area contributed by atoms with Crippen molar-refractivity contribution in [1.82, 2.24) is 0 Å². The Balaban J connectivity index is 2.24. The number of amides is 1. The zero-order chi connectivity index (χ0) is 23.5. The van der Waals surface area contributed by atoms with E-state index in [9.17, 15) is 9.59 Å². The van der Waals surface area contributed by atoms with E-state index in [1.807, 2.05) is 26.0 Å². The Hall–Kier alpha value is -3.40. The normalized spacial score (nSPS) is 11.3. The number of esters is 1. The number of rotatable bonds is 10. The Labute approximate surface area is 194 Å². The quantitative estimate of drug-likeness (QED) is 0.131. The van der Waals surface area contributed by atoms with Crippen LogP contribution in [0.15, 0.2) is 46.7 Å². The number of carbonyl (C=O) groups excluding carboxylic acids is 2. The average Bonchev–Trinajstić information content (AvgIpc) is 2.76. The summed E-state index contributed by atoms with van der Waals surface area (Å²) in [6.45, 7) is 4.47. The molecule has 0 heterocycles. The zero-order valence-corrected chi connectivity index (χ0v) is 19.5. The highest BCUT2D eigenvalue weighted by Gasteiger charge is 2.22. The SMILES string of the molecule is CO/N=C(/C(=O)OC(N)=O)c1ccccc1COc1cc(C)c(/C=N/OCCBr)cc1C. The Kier molecular flexibility index (Phi) is 9.68. The van der Waals surface area contributed by atoms with Crippen LogP contribution in [-0.4, -0.2) is 43.0 Å². The van der Waals surface area contributed by atoms with Crippen molar-refractivity contribution in [3.63, 3.8) is 0 Å². The predicted octanol–water partition coefficient (Wildman–Crippen LogP) is 3.60. The zero-order valence-electron chi connectivity index (χ0n) is 18.0. The standard InChI is InChI=1S/C22H24BrN3O6/c1-14-11-19(15(2)10-17(14)12-25-31-9-8-23)30-13-16-6-4-5-7-18(16)20(26-29-3)21(27)32-22(24)28/h4-7,10-12H,8-9,13H2,1-3H3,(H2,24,28)/b25-12+,26-20+. The number of carbonyl (C=O) groups is 2. The number of oxime groups is 2. The molecule has 2 rings (SSSR count). The van der Waals surface area contributed by atoms with E-state index in [0.717, 1.165) is 16.7 Å². The summed E-state index contributed by atoms with van der Waals surface area (Å²) in [7, 11) is 1.28. The summed E-state index contributed by atoms with van der Waals surface area (Å²) < 4.78 is 10.5. The number of nitrogens with zero attached hydrogens (tertiary/aromatic N) is 2. The molecular formula is C22H24BrN3O6. The lowest BCUT2D eigenvalue weighted by Crippen LogP contribution is -2.26. The Bertz CT molecular complexity index is 1020. The van der Waals surface area contributed by atoms with Crippen LogP contribution in [0.5, 0.6) is 5.75 Å². The number of nitrogens with two attached hydrogens (primary N) is 1. The van der Waals surface area contributed by atoms with E-state index >= 15 is 0 Å². The maximum atomic E-state index is 12.2. The van der Waals surface area contributed by atoms with Gasteiger partial charge in [-0.05, 0) is 48.2 Å². The molecule has 0 aliphatic rings. The highest BCUT2D eigenvalue weighted by atomic mass is 79.9. The molecule has 0 aromatic heterocycles. The third-order valence-electron chi connectivity index (χ3n) is 4.22. The molecule has 0 fully saturated rings. The molecule has 0 unspecified atom stereocenters. The van der Waals surface area contributed by atoms with Gasteiger partial charge in [-0.25, -0.2) is 9.59 Å². The third-order valence-corrected chi connectivity index (χ3v) is 4.55. The molecular weight excluding hydrogens is 482 g/mol. The van der Waals surface area contributed by atoms with Crippen molar-refractivity contribution in [2.24, 2.45) is 16.0 Å². The van der Waals surface area contributed by atoms with Gasteiger partial charge in [0.15, 0.2) is 5.71 Å². The van der Waals surface area contributed by atoms with E-state index in [1.54, 1.807) is 30.5 Å². The summed E-state index contributed by atoms with van der Waals surface area (Å²) in [5.74, 6) is -0.356. The Morgan fingerprint density at radius 1 is 1.16 bits per heavy atom. The lowest BCUT2D eigenvalue weighted by atomic mass is 10.0. The molecule has 1 amide bonds. The summed E-state index contributed by atoms with van der Waals surface area (Å²) in [6, 6.07) is 10.8. The van der Waals surface area contributed by atoms with Gasteiger partial charge in [0.1, 0.15) is 26.1 Å². The summed E-state index contributed by atoms with van der Waals surface area (Å²) in [5.41, 5.74) is 8.53. The minimum Gasteiger partial charge on any atom is -0.489 e. The second kappa shape index (κ2) is 12.5. The fourth-order valence-corrected chi connectivity index (χ4v) is 2.89. The van der Waals surface area contributed by atoms with Gasteiger partial charge in [0.25, 0.3) is 0 Å². The van der Waals surface area contributed by atoms with Crippen LogP contribution in [-0.2, 0) is 25.8 Å². The third kappa shape index (κ3) is 7.09. The van der Waals surface area contributed by atoms with Crippen molar-refractivity contribution in [3.8, 4) is 5.75 Å². The Morgan fingerprint density at radius 2 is 1.91 bits per heavy atom. The van der Waals surface area contributed by atoms with Crippen molar-refractivity contribution >= 4 is 39.9 Å². The van der Waals surface area contributed by atoms with Gasteiger partial charge in [-0.15, -0.1) is 0 Å². The number of aryl methyl sites for hydroxylation is 2. The van der Waals surface area contributed by atoms with E-state index in [0.29, 0.717) is 28.8 Å². The molecule has 0 bridgehead atoms. The largest absolute Gasteiger partial charge is 0.489 e. The van der Waals surface area contributed by atoms with Crippen LogP contribution in [0.3, 0.4) is 0 Å². The van der Waals surface area contributed by atoms with Crippen molar-refractivity contribution in [2.45, 2.75) is 20.5 Å². The summed E-state index contributed by atoms with van der Waals surface area (Å²) in [5, 5.41) is 8.34. The van der Waals surface area contributed by atoms with Gasteiger partial charge in [0.05, 0.1) is 6.21 Å². The van der Waals surface area contributed by atoms with E-state index in [4.69, 9.17) is 20.1 Å². The summed E-state index contributed by atoms with van der Waals surface area (Å²) >= 11 is 3.27. The predicted molar refractivity (Wildman–Crippen MR) is 123 cm³/mol. The monoisotopic (exact) mass is 505 g/mol. The smallest absolute Gasteiger partial charge is 0.412 e. The minimum atomic E-state index is -1.24. The summed E-state index contributed by atoms with van der Waals surface area (Å²) in [6.07, 6.45) is 0.418. The second-order valence-electron chi connectivity index (χ2n) is 6.51. The molecule has 0 radical (unpaired) electrons. The molecule has 32 heavy (non-hydrogen) atoms. The lowest BCUT2D eigenvalue weighted by Gasteiger charge is -2.14. The van der Waals surface area contributed by atoms with E-state index in [-0.39, 0.29) is 12.3 Å². The number of primary amides is 1.